The van der Waals surface area contributed by atoms with Crippen molar-refractivity contribution in [2.24, 2.45) is 5.73 Å². The van der Waals surface area contributed by atoms with Crippen LogP contribution in [0, 0.1) is 5.82 Å². The van der Waals surface area contributed by atoms with Gasteiger partial charge in [0.1, 0.15) is 12.4 Å². The first-order valence-corrected chi connectivity index (χ1v) is 11.8. The number of hydrogen-bond acceptors (Lipinski definition) is 5. The van der Waals surface area contributed by atoms with Crippen molar-refractivity contribution >= 4 is 16.8 Å². The van der Waals surface area contributed by atoms with Gasteiger partial charge in [0.15, 0.2) is 11.5 Å². The molecular formula is C26H32FN3O4. The zero-order chi connectivity index (χ0) is 24.1. The molecule has 182 valence electrons. The van der Waals surface area contributed by atoms with Crippen LogP contribution in [-0.4, -0.2) is 47.5 Å². The summed E-state index contributed by atoms with van der Waals surface area (Å²) < 4.78 is 27.2. The number of aromatic nitrogens is 1. The fourth-order valence-electron chi connectivity index (χ4n) is 4.09. The van der Waals surface area contributed by atoms with Crippen molar-refractivity contribution in [3.05, 3.63) is 59.5 Å². The number of aliphatic hydroxyl groups excluding tert-OH is 1. The number of nitrogens with two attached hydrogens (primary N) is 1. The summed E-state index contributed by atoms with van der Waals surface area (Å²) in [5.74, 6) is 0.174. The Hall–Kier alpha value is -3.10. The third kappa shape index (κ3) is 6.07. The molecule has 7 nitrogen and oxygen atoms in total. The van der Waals surface area contributed by atoms with Crippen molar-refractivity contribution in [1.82, 2.24) is 9.88 Å². The van der Waals surface area contributed by atoms with Gasteiger partial charge in [0.2, 0.25) is 0 Å². The molecule has 0 radical (unpaired) electrons. The van der Waals surface area contributed by atoms with Gasteiger partial charge >= 0.3 is 0 Å². The van der Waals surface area contributed by atoms with Crippen LogP contribution in [0.3, 0.4) is 0 Å². The van der Waals surface area contributed by atoms with Gasteiger partial charge in [-0.25, -0.2) is 4.39 Å². The number of ether oxygens (including phenoxy) is 2. The normalized spacial score (nSPS) is 14.3. The second-order valence-corrected chi connectivity index (χ2v) is 8.85. The number of fused-ring (bicyclic) bond motifs is 1. The van der Waals surface area contributed by atoms with Crippen LogP contribution in [0.2, 0.25) is 0 Å². The Bertz CT molecular complexity index is 1140. The van der Waals surface area contributed by atoms with E-state index in [2.05, 4.69) is 18.3 Å². The van der Waals surface area contributed by atoms with E-state index in [-0.39, 0.29) is 24.6 Å². The Morgan fingerprint density at radius 1 is 1.26 bits per heavy atom. The molecule has 0 spiro atoms. The number of amides is 1. The Kier molecular flexibility index (Phi) is 7.70. The van der Waals surface area contributed by atoms with Gasteiger partial charge in [0, 0.05) is 43.4 Å². The van der Waals surface area contributed by atoms with Crippen LogP contribution in [0.1, 0.15) is 42.1 Å². The summed E-state index contributed by atoms with van der Waals surface area (Å²) in [4.78, 5) is 12.1. The fraction of sp³-hybridized carbons (Fsp3) is 0.423. The number of carbonyl (C=O) groups is 1. The lowest BCUT2D eigenvalue weighted by Gasteiger charge is -2.17. The molecule has 0 aliphatic heterocycles. The molecule has 1 saturated carbocycles. The molecule has 1 atom stereocenters. The molecule has 1 heterocycles. The van der Waals surface area contributed by atoms with Crippen LogP contribution in [0.5, 0.6) is 11.5 Å². The molecule has 3 aromatic rings. The maximum Gasteiger partial charge on any atom is 0.250 e. The summed E-state index contributed by atoms with van der Waals surface area (Å²) in [5.41, 5.74) is 7.97. The summed E-state index contributed by atoms with van der Waals surface area (Å²) >= 11 is 0. The quantitative estimate of drug-likeness (QED) is 0.333. The van der Waals surface area contributed by atoms with Gasteiger partial charge in [0.25, 0.3) is 5.91 Å². The van der Waals surface area contributed by atoms with Crippen LogP contribution in [0.25, 0.3) is 10.9 Å². The lowest BCUT2D eigenvalue weighted by molar-refractivity contribution is 0.100. The molecule has 4 N–H and O–H groups in total. The van der Waals surface area contributed by atoms with E-state index < -0.39 is 5.91 Å². The minimum absolute atomic E-state index is 0.0879. The molecular weight excluding hydrogens is 437 g/mol. The third-order valence-corrected chi connectivity index (χ3v) is 5.86. The number of primary amides is 1. The predicted molar refractivity (Wildman–Crippen MR) is 129 cm³/mol. The number of carbonyl (C=O) groups excluding carboxylic acids is 1. The van der Waals surface area contributed by atoms with E-state index in [0.29, 0.717) is 49.6 Å². The Morgan fingerprint density at radius 3 is 2.82 bits per heavy atom. The van der Waals surface area contributed by atoms with Crippen molar-refractivity contribution < 1.29 is 23.8 Å². The highest BCUT2D eigenvalue weighted by Crippen LogP contribution is 2.34. The molecule has 1 aliphatic carbocycles. The third-order valence-electron chi connectivity index (χ3n) is 5.86. The van der Waals surface area contributed by atoms with Crippen LogP contribution >= 0.6 is 0 Å². The van der Waals surface area contributed by atoms with Crippen molar-refractivity contribution in [2.75, 3.05) is 19.8 Å². The summed E-state index contributed by atoms with van der Waals surface area (Å²) in [6.45, 7) is 3.71. The molecule has 0 bridgehead atoms. The SMILES string of the molecule is C[C@H](Cc1cc(C(N)=O)c2c(ccn2CCCO)c1)NCCOc1cc(F)ccc1OC1CC1. The molecule has 1 aromatic heterocycles. The first-order chi connectivity index (χ1) is 16.4. The lowest BCUT2D eigenvalue weighted by atomic mass is 10.0. The van der Waals surface area contributed by atoms with E-state index in [4.69, 9.17) is 20.3 Å². The molecule has 8 heteroatoms. The van der Waals surface area contributed by atoms with Crippen LogP contribution < -0.4 is 20.5 Å². The van der Waals surface area contributed by atoms with E-state index in [1.807, 2.05) is 22.9 Å². The van der Waals surface area contributed by atoms with Crippen molar-refractivity contribution in [3.8, 4) is 11.5 Å². The van der Waals surface area contributed by atoms with E-state index in [1.165, 1.54) is 12.1 Å². The molecule has 2 aromatic carbocycles. The Balaban J connectivity index is 1.34. The number of nitrogens with one attached hydrogen (secondary N) is 1. The van der Waals surface area contributed by atoms with Crippen molar-refractivity contribution in [1.29, 1.82) is 0 Å². The second kappa shape index (κ2) is 10.9. The highest BCUT2D eigenvalue weighted by Gasteiger charge is 2.25. The summed E-state index contributed by atoms with van der Waals surface area (Å²) in [6.07, 6.45) is 5.48. The molecule has 0 saturated heterocycles. The molecule has 34 heavy (non-hydrogen) atoms. The fourth-order valence-corrected chi connectivity index (χ4v) is 4.09. The molecule has 1 aliphatic rings. The van der Waals surface area contributed by atoms with E-state index in [9.17, 15) is 9.18 Å². The second-order valence-electron chi connectivity index (χ2n) is 8.85. The van der Waals surface area contributed by atoms with Gasteiger partial charge in [0.05, 0.1) is 17.2 Å². The molecule has 0 unspecified atom stereocenters. The average molecular weight is 470 g/mol. The summed E-state index contributed by atoms with van der Waals surface area (Å²) in [5, 5.41) is 13.5. The first kappa shape index (κ1) is 24.0. The topological polar surface area (TPSA) is 98.7 Å². The Labute approximate surface area is 198 Å². The largest absolute Gasteiger partial charge is 0.488 e. The molecule has 1 fully saturated rings. The first-order valence-electron chi connectivity index (χ1n) is 11.8. The Morgan fingerprint density at radius 2 is 2.09 bits per heavy atom. The molecule has 4 rings (SSSR count). The van der Waals surface area contributed by atoms with Gasteiger partial charge in [-0.05, 0) is 68.5 Å². The number of halogens is 1. The zero-order valence-electron chi connectivity index (χ0n) is 19.4. The number of aryl methyl sites for hydroxylation is 1. The monoisotopic (exact) mass is 469 g/mol. The van der Waals surface area contributed by atoms with Crippen LogP contribution in [-0.2, 0) is 13.0 Å². The van der Waals surface area contributed by atoms with Crippen molar-refractivity contribution in [3.63, 3.8) is 0 Å². The van der Waals surface area contributed by atoms with E-state index in [0.717, 1.165) is 29.3 Å². The van der Waals surface area contributed by atoms with Crippen molar-refractivity contribution in [2.45, 2.75) is 51.3 Å². The summed E-state index contributed by atoms with van der Waals surface area (Å²) in [6, 6.07) is 10.4. The molecule has 1 amide bonds. The summed E-state index contributed by atoms with van der Waals surface area (Å²) in [7, 11) is 0. The van der Waals surface area contributed by atoms with Crippen LogP contribution in [0.15, 0.2) is 42.6 Å². The zero-order valence-corrected chi connectivity index (χ0v) is 19.4. The maximum atomic E-state index is 13.6. The standard InChI is InChI=1S/C26H32FN3O4/c1-17(29-8-12-33-24-16-20(27)3-6-23(24)34-21-4-5-21)13-18-14-19-7-10-30(9-2-11-31)25(19)22(15-18)26(28)32/h3,6-7,10,14-17,21,29,31H,2,4-5,8-9,11-13H2,1H3,(H2,28,32)/t17-/m1/s1. The minimum atomic E-state index is -0.468. The van der Waals surface area contributed by atoms with Gasteiger partial charge in [-0.3, -0.25) is 4.79 Å². The van der Waals surface area contributed by atoms with E-state index in [1.54, 1.807) is 6.07 Å². The van der Waals surface area contributed by atoms with Crippen LogP contribution in [0.4, 0.5) is 4.39 Å². The van der Waals surface area contributed by atoms with Gasteiger partial charge in [-0.1, -0.05) is 0 Å². The number of hydrogen-bond donors (Lipinski definition) is 3. The number of aliphatic hydroxyl groups is 1. The smallest absolute Gasteiger partial charge is 0.250 e. The van der Waals surface area contributed by atoms with Gasteiger partial charge in [-0.2, -0.15) is 0 Å². The lowest BCUT2D eigenvalue weighted by Crippen LogP contribution is -2.32. The van der Waals surface area contributed by atoms with Gasteiger partial charge in [-0.15, -0.1) is 0 Å². The van der Waals surface area contributed by atoms with Gasteiger partial charge < -0.3 is 30.2 Å². The highest BCUT2D eigenvalue weighted by atomic mass is 19.1. The highest BCUT2D eigenvalue weighted by molar-refractivity contribution is 6.05. The maximum absolute atomic E-state index is 13.6. The predicted octanol–water partition coefficient (Wildman–Crippen LogP) is 3.40. The average Bonchev–Trinajstić information content (AvgIpc) is 3.53. The number of rotatable bonds is 13. The number of benzene rings is 2. The van der Waals surface area contributed by atoms with E-state index >= 15 is 0 Å². The minimum Gasteiger partial charge on any atom is -0.488 e. The number of nitrogens with zero attached hydrogens (tertiary/aromatic N) is 1.